The Labute approximate surface area is 88.3 Å². The van der Waals surface area contributed by atoms with Gasteiger partial charge in [0.15, 0.2) is 5.11 Å². The van der Waals surface area contributed by atoms with Crippen LogP contribution in [-0.2, 0) is 0 Å². The minimum Gasteiger partial charge on any atom is -0.376 e. The fraction of sp³-hybridized carbons (Fsp3) is 0.222. The molecule has 1 rings (SSSR count). The smallest absolute Gasteiger partial charge is 0.170 e. The van der Waals surface area contributed by atoms with E-state index in [4.69, 9.17) is 29.6 Å². The van der Waals surface area contributed by atoms with Gasteiger partial charge < -0.3 is 10.6 Å². The maximum atomic E-state index is 5.76. The highest BCUT2D eigenvalue weighted by Crippen LogP contribution is 2.17. The predicted molar refractivity (Wildman–Crippen MR) is 61.3 cm³/mol. The molecule has 0 saturated heterocycles. The molecule has 0 bridgehead atoms. The molecule has 0 saturated carbocycles. The zero-order chi connectivity index (χ0) is 9.84. The summed E-state index contributed by atoms with van der Waals surface area (Å²) in [6.07, 6.45) is 0. The number of halogens is 1. The Kier molecular flexibility index (Phi) is 3.51. The molecule has 0 radical (unpaired) electrons. The quantitative estimate of drug-likeness (QED) is 0.767. The van der Waals surface area contributed by atoms with Gasteiger partial charge in [-0.05, 0) is 43.4 Å². The summed E-state index contributed by atoms with van der Waals surface area (Å²) in [5.41, 5.74) is 6.51. The molecule has 0 unspecified atom stereocenters. The Morgan fingerprint density at radius 1 is 1.46 bits per heavy atom. The number of nitrogens with two attached hydrogens (primary N) is 1. The van der Waals surface area contributed by atoms with Crippen LogP contribution >= 0.6 is 23.8 Å². The lowest BCUT2D eigenvalue weighted by atomic mass is 10.3. The van der Waals surface area contributed by atoms with Gasteiger partial charge >= 0.3 is 0 Å². The van der Waals surface area contributed by atoms with Gasteiger partial charge in [0, 0.05) is 17.3 Å². The van der Waals surface area contributed by atoms with Gasteiger partial charge in [-0.1, -0.05) is 11.6 Å². The fourth-order valence-electron chi connectivity index (χ4n) is 1.09. The highest BCUT2D eigenvalue weighted by atomic mass is 35.5. The molecule has 2 N–H and O–H groups in total. The predicted octanol–water partition coefficient (Wildman–Crippen LogP) is 2.41. The van der Waals surface area contributed by atoms with Crippen molar-refractivity contribution in [2.75, 3.05) is 11.4 Å². The van der Waals surface area contributed by atoms with Crippen LogP contribution in [0, 0.1) is 0 Å². The molecule has 13 heavy (non-hydrogen) atoms. The summed E-state index contributed by atoms with van der Waals surface area (Å²) < 4.78 is 0. The second kappa shape index (κ2) is 4.44. The summed E-state index contributed by atoms with van der Waals surface area (Å²) in [4.78, 5) is 1.84. The zero-order valence-corrected chi connectivity index (χ0v) is 8.90. The van der Waals surface area contributed by atoms with E-state index in [1.807, 2.05) is 36.1 Å². The van der Waals surface area contributed by atoms with E-state index < -0.39 is 0 Å². The maximum Gasteiger partial charge on any atom is 0.170 e. The van der Waals surface area contributed by atoms with Crippen molar-refractivity contribution < 1.29 is 0 Å². The van der Waals surface area contributed by atoms with Gasteiger partial charge in [0.2, 0.25) is 0 Å². The van der Waals surface area contributed by atoms with E-state index in [1.165, 1.54) is 0 Å². The van der Waals surface area contributed by atoms with Crippen LogP contribution in [0.5, 0.6) is 0 Å². The third-order valence-corrected chi connectivity index (χ3v) is 2.19. The van der Waals surface area contributed by atoms with Crippen LogP contribution in [0.15, 0.2) is 24.3 Å². The molecular formula is C9H11ClN2S. The largest absolute Gasteiger partial charge is 0.376 e. The van der Waals surface area contributed by atoms with E-state index >= 15 is 0 Å². The molecule has 0 aliphatic rings. The first-order valence-electron chi connectivity index (χ1n) is 3.97. The first kappa shape index (κ1) is 10.3. The SMILES string of the molecule is CCN(C(N)=S)c1ccc(Cl)cc1. The van der Waals surface area contributed by atoms with Crippen molar-refractivity contribution in [3.05, 3.63) is 29.3 Å². The highest BCUT2D eigenvalue weighted by molar-refractivity contribution is 7.80. The Bertz CT molecular complexity index is 297. The van der Waals surface area contributed by atoms with Crippen molar-refractivity contribution in [1.82, 2.24) is 0 Å². The lowest BCUT2D eigenvalue weighted by molar-refractivity contribution is 1.06. The first-order valence-corrected chi connectivity index (χ1v) is 4.76. The van der Waals surface area contributed by atoms with Crippen molar-refractivity contribution in [1.29, 1.82) is 0 Å². The van der Waals surface area contributed by atoms with E-state index in [1.54, 1.807) is 0 Å². The van der Waals surface area contributed by atoms with Crippen LogP contribution in [0.4, 0.5) is 5.69 Å². The Morgan fingerprint density at radius 2 is 2.00 bits per heavy atom. The van der Waals surface area contributed by atoms with Gasteiger partial charge in [-0.15, -0.1) is 0 Å². The zero-order valence-electron chi connectivity index (χ0n) is 7.33. The number of hydrogen-bond donors (Lipinski definition) is 1. The van der Waals surface area contributed by atoms with Crippen LogP contribution in [0.25, 0.3) is 0 Å². The average molecular weight is 215 g/mol. The highest BCUT2D eigenvalue weighted by Gasteiger charge is 2.05. The molecule has 0 heterocycles. The molecule has 0 aliphatic carbocycles. The minimum absolute atomic E-state index is 0.379. The molecule has 0 atom stereocenters. The monoisotopic (exact) mass is 214 g/mol. The second-order valence-electron chi connectivity index (χ2n) is 2.56. The van der Waals surface area contributed by atoms with Crippen molar-refractivity contribution in [3.8, 4) is 0 Å². The molecule has 0 spiro atoms. The van der Waals surface area contributed by atoms with E-state index in [2.05, 4.69) is 0 Å². The molecule has 0 aliphatic heterocycles. The lowest BCUT2D eigenvalue weighted by Gasteiger charge is -2.20. The van der Waals surface area contributed by atoms with Crippen LogP contribution in [0.1, 0.15) is 6.92 Å². The Hall–Kier alpha value is -0.800. The number of rotatable bonds is 2. The van der Waals surface area contributed by atoms with Gasteiger partial charge in [0.05, 0.1) is 0 Å². The van der Waals surface area contributed by atoms with E-state index in [-0.39, 0.29) is 0 Å². The second-order valence-corrected chi connectivity index (χ2v) is 3.41. The Morgan fingerprint density at radius 3 is 2.38 bits per heavy atom. The molecule has 0 fully saturated rings. The topological polar surface area (TPSA) is 29.3 Å². The van der Waals surface area contributed by atoms with Crippen LogP contribution in [0.3, 0.4) is 0 Å². The van der Waals surface area contributed by atoms with Crippen molar-refractivity contribution in [2.24, 2.45) is 5.73 Å². The van der Waals surface area contributed by atoms with Gasteiger partial charge in [-0.2, -0.15) is 0 Å². The van der Waals surface area contributed by atoms with Crippen LogP contribution < -0.4 is 10.6 Å². The molecule has 1 aromatic carbocycles. The number of thiocarbonyl (C=S) groups is 1. The number of benzene rings is 1. The molecule has 1 aromatic rings. The summed E-state index contributed by atoms with van der Waals surface area (Å²) in [6, 6.07) is 7.42. The molecule has 0 aromatic heterocycles. The summed E-state index contributed by atoms with van der Waals surface area (Å²) in [6.45, 7) is 2.75. The van der Waals surface area contributed by atoms with Gasteiger partial charge in [-0.3, -0.25) is 0 Å². The molecule has 0 amide bonds. The normalized spacial score (nSPS) is 9.69. The third-order valence-electron chi connectivity index (χ3n) is 1.72. The van der Waals surface area contributed by atoms with Crippen LogP contribution in [-0.4, -0.2) is 11.7 Å². The first-order chi connectivity index (χ1) is 6.15. The van der Waals surface area contributed by atoms with Crippen molar-refractivity contribution in [2.45, 2.75) is 6.92 Å². The minimum atomic E-state index is 0.379. The maximum absolute atomic E-state index is 5.76. The number of anilines is 1. The standard InChI is InChI=1S/C9H11ClN2S/c1-2-12(9(11)13)8-5-3-7(10)4-6-8/h3-6H,2H2,1H3,(H2,11,13). The van der Waals surface area contributed by atoms with Gasteiger partial charge in [0.1, 0.15) is 0 Å². The average Bonchev–Trinajstić information content (AvgIpc) is 2.09. The molecule has 4 heteroatoms. The van der Waals surface area contributed by atoms with Crippen LogP contribution in [0.2, 0.25) is 5.02 Å². The lowest BCUT2D eigenvalue weighted by Crippen LogP contribution is -2.35. The summed E-state index contributed by atoms with van der Waals surface area (Å²) in [5.74, 6) is 0. The summed E-state index contributed by atoms with van der Waals surface area (Å²) in [7, 11) is 0. The van der Waals surface area contributed by atoms with Crippen molar-refractivity contribution >= 4 is 34.6 Å². The number of nitrogens with zero attached hydrogens (tertiary/aromatic N) is 1. The van der Waals surface area contributed by atoms with E-state index in [0.717, 1.165) is 12.2 Å². The number of hydrogen-bond acceptors (Lipinski definition) is 1. The third kappa shape index (κ3) is 2.57. The molecular weight excluding hydrogens is 204 g/mol. The fourth-order valence-corrected chi connectivity index (χ4v) is 1.45. The van der Waals surface area contributed by atoms with E-state index in [0.29, 0.717) is 10.1 Å². The van der Waals surface area contributed by atoms with Gasteiger partial charge in [0.25, 0.3) is 0 Å². The molecule has 70 valence electrons. The summed E-state index contributed by atoms with van der Waals surface area (Å²) >= 11 is 10.7. The van der Waals surface area contributed by atoms with Gasteiger partial charge in [-0.25, -0.2) is 0 Å². The van der Waals surface area contributed by atoms with Crippen molar-refractivity contribution in [3.63, 3.8) is 0 Å². The molecule has 2 nitrogen and oxygen atoms in total. The summed E-state index contributed by atoms with van der Waals surface area (Å²) in [5, 5.41) is 1.09. The van der Waals surface area contributed by atoms with E-state index in [9.17, 15) is 0 Å². The Balaban J connectivity index is 2.92.